The third-order valence-electron chi connectivity index (χ3n) is 4.78. The molecule has 126 valence electrons. The van der Waals surface area contributed by atoms with Gasteiger partial charge in [-0.05, 0) is 24.8 Å². The van der Waals surface area contributed by atoms with Crippen molar-refractivity contribution in [1.82, 2.24) is 10.2 Å². The van der Waals surface area contributed by atoms with Crippen LogP contribution >= 0.6 is 0 Å². The minimum atomic E-state index is -0.664. The fraction of sp³-hybridized carbons (Fsp3) is 0.611. The van der Waals surface area contributed by atoms with Crippen LogP contribution in [0, 0.1) is 0 Å². The molecule has 5 nitrogen and oxygen atoms in total. The lowest BCUT2D eigenvalue weighted by Gasteiger charge is -2.37. The Bertz CT molecular complexity index is 516. The molecule has 5 heteroatoms. The number of nitrogens with zero attached hydrogens (tertiary/aromatic N) is 1. The van der Waals surface area contributed by atoms with Crippen molar-refractivity contribution in [3.8, 4) is 0 Å². The van der Waals surface area contributed by atoms with Crippen molar-refractivity contribution >= 4 is 5.91 Å². The van der Waals surface area contributed by atoms with Crippen LogP contribution in [0.2, 0.25) is 0 Å². The Kier molecular flexibility index (Phi) is 5.30. The van der Waals surface area contributed by atoms with E-state index < -0.39 is 5.60 Å². The number of carbonyl (C=O) groups excluding carboxylic acids is 1. The maximum atomic E-state index is 12.0. The van der Waals surface area contributed by atoms with Gasteiger partial charge in [0, 0.05) is 26.2 Å². The molecule has 2 aliphatic rings. The van der Waals surface area contributed by atoms with Crippen LogP contribution in [0.1, 0.15) is 31.2 Å². The Morgan fingerprint density at radius 2 is 2.13 bits per heavy atom. The normalized spacial score (nSPS) is 24.0. The van der Waals surface area contributed by atoms with Gasteiger partial charge in [-0.15, -0.1) is 0 Å². The third kappa shape index (κ3) is 4.77. The first-order valence-electron chi connectivity index (χ1n) is 8.50. The van der Waals surface area contributed by atoms with E-state index in [0.29, 0.717) is 19.6 Å². The monoisotopic (exact) mass is 318 g/mol. The molecule has 2 fully saturated rings. The number of ether oxygens (including phenoxy) is 1. The smallest absolute Gasteiger partial charge is 0.222 e. The summed E-state index contributed by atoms with van der Waals surface area (Å²) in [6.07, 6.45) is 2.92. The summed E-state index contributed by atoms with van der Waals surface area (Å²) in [7, 11) is 0. The highest BCUT2D eigenvalue weighted by molar-refractivity contribution is 5.76. The molecular weight excluding hydrogens is 292 g/mol. The van der Waals surface area contributed by atoms with Gasteiger partial charge in [-0.1, -0.05) is 30.3 Å². The van der Waals surface area contributed by atoms with E-state index in [2.05, 4.69) is 22.3 Å². The summed E-state index contributed by atoms with van der Waals surface area (Å²) < 4.78 is 5.72. The minimum Gasteiger partial charge on any atom is -0.388 e. The largest absolute Gasteiger partial charge is 0.388 e. The lowest BCUT2D eigenvalue weighted by atomic mass is 9.80. The first-order chi connectivity index (χ1) is 11.1. The zero-order valence-corrected chi connectivity index (χ0v) is 13.5. The summed E-state index contributed by atoms with van der Waals surface area (Å²) >= 11 is 0. The molecule has 1 heterocycles. The van der Waals surface area contributed by atoms with Crippen LogP contribution in [0.5, 0.6) is 0 Å². The van der Waals surface area contributed by atoms with Crippen molar-refractivity contribution in [2.75, 3.05) is 26.2 Å². The fourth-order valence-electron chi connectivity index (χ4n) is 3.19. The lowest BCUT2D eigenvalue weighted by molar-refractivity contribution is -0.128. The summed E-state index contributed by atoms with van der Waals surface area (Å²) in [6.45, 7) is 3.59. The van der Waals surface area contributed by atoms with Gasteiger partial charge in [-0.25, -0.2) is 0 Å². The average molecular weight is 318 g/mol. The molecule has 3 rings (SSSR count). The lowest BCUT2D eigenvalue weighted by Crippen LogP contribution is -2.49. The van der Waals surface area contributed by atoms with Crippen LogP contribution in [-0.2, 0) is 16.1 Å². The molecule has 0 bridgehead atoms. The van der Waals surface area contributed by atoms with E-state index in [1.165, 1.54) is 5.56 Å². The molecule has 1 saturated carbocycles. The number of nitrogens with one attached hydrogen (secondary N) is 1. The fourth-order valence-corrected chi connectivity index (χ4v) is 3.19. The van der Waals surface area contributed by atoms with Gasteiger partial charge < -0.3 is 15.2 Å². The van der Waals surface area contributed by atoms with Gasteiger partial charge in [0.2, 0.25) is 5.91 Å². The van der Waals surface area contributed by atoms with Crippen molar-refractivity contribution < 1.29 is 14.6 Å². The molecular formula is C18H26N2O3. The van der Waals surface area contributed by atoms with Crippen molar-refractivity contribution in [2.45, 2.75) is 43.9 Å². The standard InChI is InChI=1S/C18H26N2O3/c21-17(19-14-18(22)7-4-8-18)11-16-13-20(9-10-23-16)12-15-5-2-1-3-6-15/h1-3,5-6,16,22H,4,7-14H2,(H,19,21). The molecule has 1 atom stereocenters. The Balaban J connectivity index is 1.42. The summed E-state index contributed by atoms with van der Waals surface area (Å²) in [4.78, 5) is 14.4. The predicted molar refractivity (Wildman–Crippen MR) is 87.9 cm³/mol. The molecule has 1 aliphatic carbocycles. The number of aliphatic hydroxyl groups is 1. The van der Waals surface area contributed by atoms with E-state index in [4.69, 9.17) is 4.74 Å². The molecule has 1 aromatic carbocycles. The Morgan fingerprint density at radius 3 is 2.83 bits per heavy atom. The van der Waals surface area contributed by atoms with E-state index in [1.54, 1.807) is 0 Å². The molecule has 1 saturated heterocycles. The molecule has 2 N–H and O–H groups in total. The van der Waals surface area contributed by atoms with Crippen molar-refractivity contribution in [3.63, 3.8) is 0 Å². The van der Waals surface area contributed by atoms with Crippen LogP contribution in [0.3, 0.4) is 0 Å². The number of carbonyl (C=O) groups is 1. The van der Waals surface area contributed by atoms with E-state index >= 15 is 0 Å². The van der Waals surface area contributed by atoms with Gasteiger partial charge in [-0.2, -0.15) is 0 Å². The summed E-state index contributed by atoms with van der Waals surface area (Å²) in [6, 6.07) is 10.4. The highest BCUT2D eigenvalue weighted by Gasteiger charge is 2.34. The minimum absolute atomic E-state index is 0.0307. The molecule has 0 radical (unpaired) electrons. The first kappa shape index (κ1) is 16.4. The van der Waals surface area contributed by atoms with Gasteiger partial charge >= 0.3 is 0 Å². The number of amides is 1. The molecule has 0 spiro atoms. The maximum absolute atomic E-state index is 12.0. The molecule has 1 aliphatic heterocycles. The average Bonchev–Trinajstić information content (AvgIpc) is 2.52. The number of hydrogen-bond acceptors (Lipinski definition) is 4. The SMILES string of the molecule is O=C(CC1CN(Cc2ccccc2)CCO1)NCC1(O)CCC1. The van der Waals surface area contributed by atoms with E-state index in [-0.39, 0.29) is 12.0 Å². The highest BCUT2D eigenvalue weighted by atomic mass is 16.5. The maximum Gasteiger partial charge on any atom is 0.222 e. The third-order valence-corrected chi connectivity index (χ3v) is 4.78. The van der Waals surface area contributed by atoms with E-state index in [9.17, 15) is 9.90 Å². The Hall–Kier alpha value is -1.43. The second-order valence-electron chi connectivity index (χ2n) is 6.77. The van der Waals surface area contributed by atoms with Crippen molar-refractivity contribution in [1.29, 1.82) is 0 Å². The number of rotatable bonds is 6. The molecule has 0 aromatic heterocycles. The zero-order chi connectivity index (χ0) is 16.1. The van der Waals surface area contributed by atoms with Crippen LogP contribution in [0.15, 0.2) is 30.3 Å². The highest BCUT2D eigenvalue weighted by Crippen LogP contribution is 2.30. The van der Waals surface area contributed by atoms with Crippen LogP contribution < -0.4 is 5.32 Å². The number of morpholine rings is 1. The topological polar surface area (TPSA) is 61.8 Å². The predicted octanol–water partition coefficient (Wildman–Crippen LogP) is 1.31. The van der Waals surface area contributed by atoms with E-state index in [1.807, 2.05) is 18.2 Å². The van der Waals surface area contributed by atoms with Crippen molar-refractivity contribution in [2.24, 2.45) is 0 Å². The van der Waals surface area contributed by atoms with Crippen molar-refractivity contribution in [3.05, 3.63) is 35.9 Å². The number of hydrogen-bond donors (Lipinski definition) is 2. The molecule has 23 heavy (non-hydrogen) atoms. The van der Waals surface area contributed by atoms with Crippen LogP contribution in [0.4, 0.5) is 0 Å². The Labute approximate surface area is 137 Å². The van der Waals surface area contributed by atoms with Crippen LogP contribution in [-0.4, -0.2) is 53.9 Å². The second-order valence-corrected chi connectivity index (χ2v) is 6.77. The van der Waals surface area contributed by atoms with Gasteiger partial charge in [0.15, 0.2) is 0 Å². The van der Waals surface area contributed by atoms with Gasteiger partial charge in [0.05, 0.1) is 24.7 Å². The molecule has 1 amide bonds. The summed E-state index contributed by atoms with van der Waals surface area (Å²) in [5, 5.41) is 12.9. The Morgan fingerprint density at radius 1 is 1.35 bits per heavy atom. The zero-order valence-electron chi connectivity index (χ0n) is 13.5. The number of benzene rings is 1. The first-order valence-corrected chi connectivity index (χ1v) is 8.50. The molecule has 1 unspecified atom stereocenters. The van der Waals surface area contributed by atoms with Gasteiger partial charge in [0.25, 0.3) is 0 Å². The van der Waals surface area contributed by atoms with E-state index in [0.717, 1.165) is 38.9 Å². The summed E-state index contributed by atoms with van der Waals surface area (Å²) in [5.41, 5.74) is 0.618. The second kappa shape index (κ2) is 7.43. The van der Waals surface area contributed by atoms with Gasteiger partial charge in [0.1, 0.15) is 0 Å². The molecule has 1 aromatic rings. The van der Waals surface area contributed by atoms with Crippen LogP contribution in [0.25, 0.3) is 0 Å². The van der Waals surface area contributed by atoms with Gasteiger partial charge in [-0.3, -0.25) is 9.69 Å². The quantitative estimate of drug-likeness (QED) is 0.830. The summed E-state index contributed by atoms with van der Waals surface area (Å²) in [5.74, 6) is -0.0307.